The minimum Gasteiger partial charge on any atom is -0.367 e. The van der Waals surface area contributed by atoms with Crippen LogP contribution in [0, 0.1) is 5.82 Å². The normalized spacial score (nSPS) is 21.8. The molecule has 1 saturated carbocycles. The number of primary sulfonamides is 1. The first kappa shape index (κ1) is 25.7. The van der Waals surface area contributed by atoms with Crippen molar-refractivity contribution in [3.8, 4) is 16.9 Å². The van der Waals surface area contributed by atoms with Crippen molar-refractivity contribution in [3.05, 3.63) is 96.2 Å². The molecule has 39 heavy (non-hydrogen) atoms. The average Bonchev–Trinajstić information content (AvgIpc) is 3.60. The van der Waals surface area contributed by atoms with E-state index in [0.29, 0.717) is 41.9 Å². The van der Waals surface area contributed by atoms with Gasteiger partial charge in [-0.15, -0.1) is 0 Å². The summed E-state index contributed by atoms with van der Waals surface area (Å²) in [5.74, 6) is -0.752. The maximum absolute atomic E-state index is 15.3. The van der Waals surface area contributed by atoms with Gasteiger partial charge in [0.1, 0.15) is 10.6 Å². The number of aromatic nitrogens is 3. The molecule has 1 aliphatic carbocycles. The molecule has 8 nitrogen and oxygen atoms in total. The van der Waals surface area contributed by atoms with Crippen molar-refractivity contribution < 1.29 is 12.8 Å². The van der Waals surface area contributed by atoms with Gasteiger partial charge in [-0.3, -0.25) is 4.98 Å². The summed E-state index contributed by atoms with van der Waals surface area (Å²) in [5, 5.41) is 14.2. The summed E-state index contributed by atoms with van der Waals surface area (Å²) in [6, 6.07) is 18.0. The fourth-order valence-corrected chi connectivity index (χ4v) is 7.80. The van der Waals surface area contributed by atoms with E-state index >= 15 is 4.39 Å². The van der Waals surface area contributed by atoms with E-state index in [2.05, 4.69) is 10.3 Å². The van der Waals surface area contributed by atoms with Crippen LogP contribution in [0.1, 0.15) is 36.3 Å². The lowest BCUT2D eigenvalue weighted by Crippen LogP contribution is -2.43. The molecule has 3 heterocycles. The Morgan fingerprint density at radius 2 is 1.77 bits per heavy atom. The van der Waals surface area contributed by atoms with Gasteiger partial charge in [-0.1, -0.05) is 36.8 Å². The molecule has 10 heteroatoms. The molecule has 6 rings (SSSR count). The summed E-state index contributed by atoms with van der Waals surface area (Å²) in [7, 11) is -4.01. The van der Waals surface area contributed by atoms with Gasteiger partial charge >= 0.3 is 0 Å². The molecule has 2 unspecified atom stereocenters. The number of nitrogens with zero attached hydrogens (tertiary/aromatic N) is 4. The van der Waals surface area contributed by atoms with E-state index in [0.717, 1.165) is 37.3 Å². The zero-order valence-corrected chi connectivity index (χ0v) is 22.3. The van der Waals surface area contributed by atoms with Crippen LogP contribution in [-0.2, 0) is 14.8 Å². The predicted molar refractivity (Wildman–Crippen MR) is 150 cm³/mol. The summed E-state index contributed by atoms with van der Waals surface area (Å²) in [4.78, 5) is 6.17. The molecule has 2 aromatic heterocycles. The Hall–Kier alpha value is -3.60. The van der Waals surface area contributed by atoms with Crippen molar-refractivity contribution in [2.75, 3.05) is 31.1 Å². The third kappa shape index (κ3) is 4.52. The van der Waals surface area contributed by atoms with Crippen molar-refractivity contribution in [1.82, 2.24) is 20.1 Å². The number of anilines is 1. The van der Waals surface area contributed by atoms with Crippen molar-refractivity contribution >= 4 is 15.7 Å². The molecule has 1 saturated heterocycles. The zero-order valence-electron chi connectivity index (χ0n) is 21.5. The maximum Gasteiger partial charge on any atom is 0.219 e. The molecule has 2 atom stereocenters. The Morgan fingerprint density at radius 3 is 2.46 bits per heavy atom. The molecule has 3 N–H and O–H groups in total. The first-order valence-electron chi connectivity index (χ1n) is 13.2. The Morgan fingerprint density at radius 1 is 1.03 bits per heavy atom. The Balaban J connectivity index is 1.49. The SMILES string of the molecule is NS(=O)(=O)C1(c2ccccc2)CCCC1c1cn(-c2ccc(N3CCNCC3)c(F)c2)nc1-c1ccncc1. The Bertz CT molecular complexity index is 1570. The van der Waals surface area contributed by atoms with Crippen LogP contribution in [0.2, 0.25) is 0 Å². The largest absolute Gasteiger partial charge is 0.367 e. The van der Waals surface area contributed by atoms with Crippen LogP contribution in [0.15, 0.2) is 79.3 Å². The van der Waals surface area contributed by atoms with E-state index in [-0.39, 0.29) is 5.82 Å². The van der Waals surface area contributed by atoms with E-state index in [9.17, 15) is 8.42 Å². The molecule has 2 aliphatic rings. The van der Waals surface area contributed by atoms with Crippen LogP contribution in [0.3, 0.4) is 0 Å². The van der Waals surface area contributed by atoms with Gasteiger partial charge in [-0.05, 0) is 42.7 Å². The van der Waals surface area contributed by atoms with Crippen LogP contribution >= 0.6 is 0 Å². The van der Waals surface area contributed by atoms with Gasteiger partial charge in [-0.25, -0.2) is 22.6 Å². The third-order valence-electron chi connectivity index (χ3n) is 8.10. The van der Waals surface area contributed by atoms with E-state index in [1.165, 1.54) is 6.07 Å². The second-order valence-corrected chi connectivity index (χ2v) is 12.1. The van der Waals surface area contributed by atoms with E-state index < -0.39 is 20.7 Å². The van der Waals surface area contributed by atoms with Crippen molar-refractivity contribution in [2.45, 2.75) is 29.9 Å². The van der Waals surface area contributed by atoms with Crippen LogP contribution in [-0.4, -0.2) is 49.4 Å². The molecule has 202 valence electrons. The lowest BCUT2D eigenvalue weighted by Gasteiger charge is -2.34. The third-order valence-corrected chi connectivity index (χ3v) is 9.84. The zero-order chi connectivity index (χ0) is 27.0. The topological polar surface area (TPSA) is 106 Å². The van der Waals surface area contributed by atoms with Gasteiger partial charge in [0, 0.05) is 67.9 Å². The Labute approximate surface area is 227 Å². The lowest BCUT2D eigenvalue weighted by atomic mass is 9.82. The summed E-state index contributed by atoms with van der Waals surface area (Å²) < 4.78 is 42.5. The van der Waals surface area contributed by atoms with Gasteiger partial charge in [0.2, 0.25) is 10.0 Å². The number of nitrogens with two attached hydrogens (primary N) is 1. The minimum absolute atomic E-state index is 0.319. The fourth-order valence-electron chi connectivity index (χ4n) is 6.26. The quantitative estimate of drug-likeness (QED) is 0.380. The molecule has 0 bridgehead atoms. The number of halogens is 1. The fraction of sp³-hybridized carbons (Fsp3) is 0.310. The number of nitrogens with one attached hydrogen (secondary N) is 1. The average molecular weight is 547 g/mol. The second kappa shape index (κ2) is 10.2. The predicted octanol–water partition coefficient (Wildman–Crippen LogP) is 3.93. The standard InChI is InChI=1S/C29H31FN6O2S/c30-26-19-23(8-9-27(26)35-17-15-33-16-18-35)36-20-24(28(34-36)21-10-13-32-14-11-21)25-7-4-12-29(25,39(31,37)38)22-5-2-1-3-6-22/h1-3,5-6,8-11,13-14,19-20,25,33H,4,7,12,15-18H2,(H2,31,37,38). The molecule has 4 aromatic rings. The maximum atomic E-state index is 15.3. The van der Waals surface area contributed by atoms with Crippen LogP contribution in [0.4, 0.5) is 10.1 Å². The highest BCUT2D eigenvalue weighted by Gasteiger charge is 2.54. The van der Waals surface area contributed by atoms with Gasteiger partial charge < -0.3 is 10.2 Å². The van der Waals surface area contributed by atoms with Gasteiger partial charge in [0.25, 0.3) is 0 Å². The van der Waals surface area contributed by atoms with E-state index in [4.69, 9.17) is 10.2 Å². The smallest absolute Gasteiger partial charge is 0.219 e. The Kier molecular flexibility index (Phi) is 6.70. The van der Waals surface area contributed by atoms with E-state index in [1.54, 1.807) is 23.1 Å². The van der Waals surface area contributed by atoms with Gasteiger partial charge in [0.15, 0.2) is 0 Å². The lowest BCUT2D eigenvalue weighted by molar-refractivity contribution is 0.490. The number of hydrogen-bond acceptors (Lipinski definition) is 6. The summed E-state index contributed by atoms with van der Waals surface area (Å²) in [6.45, 7) is 3.11. The summed E-state index contributed by atoms with van der Waals surface area (Å²) in [5.41, 5.74) is 4.01. The molecule has 0 radical (unpaired) electrons. The molecular weight excluding hydrogens is 515 g/mol. The van der Waals surface area contributed by atoms with Crippen LogP contribution in [0.25, 0.3) is 16.9 Å². The van der Waals surface area contributed by atoms with Gasteiger partial charge in [-0.2, -0.15) is 5.10 Å². The number of hydrogen-bond donors (Lipinski definition) is 2. The molecule has 2 fully saturated rings. The number of piperazine rings is 1. The van der Waals surface area contributed by atoms with Crippen LogP contribution in [0.5, 0.6) is 0 Å². The van der Waals surface area contributed by atoms with E-state index in [1.807, 2.05) is 59.6 Å². The van der Waals surface area contributed by atoms with Gasteiger partial charge in [0.05, 0.1) is 17.1 Å². The summed E-state index contributed by atoms with van der Waals surface area (Å²) in [6.07, 6.45) is 6.94. The van der Waals surface area contributed by atoms with Crippen LogP contribution < -0.4 is 15.4 Å². The highest BCUT2D eigenvalue weighted by molar-refractivity contribution is 7.90. The second-order valence-electron chi connectivity index (χ2n) is 10.2. The summed E-state index contributed by atoms with van der Waals surface area (Å²) >= 11 is 0. The number of sulfonamides is 1. The molecule has 0 amide bonds. The first-order valence-corrected chi connectivity index (χ1v) is 14.8. The number of benzene rings is 2. The monoisotopic (exact) mass is 546 g/mol. The molecular formula is C29H31FN6O2S. The van der Waals surface area contributed by atoms with Crippen molar-refractivity contribution in [3.63, 3.8) is 0 Å². The number of rotatable bonds is 6. The molecule has 0 spiro atoms. The van der Waals surface area contributed by atoms with Crippen molar-refractivity contribution in [1.29, 1.82) is 0 Å². The van der Waals surface area contributed by atoms with Crippen molar-refractivity contribution in [2.24, 2.45) is 5.14 Å². The minimum atomic E-state index is -4.01. The number of pyridine rings is 1. The molecule has 2 aromatic carbocycles. The molecule has 1 aliphatic heterocycles. The first-order chi connectivity index (χ1) is 18.9. The highest BCUT2D eigenvalue weighted by Crippen LogP contribution is 2.55. The highest BCUT2D eigenvalue weighted by atomic mass is 32.2.